The average molecular weight is 232 g/mol. The quantitative estimate of drug-likeness (QED) is 0.774. The molecule has 94 valence electrons. The molecule has 0 aliphatic carbocycles. The fraction of sp³-hybridized carbons (Fsp3) is 0.909. The second-order valence-electron chi connectivity index (χ2n) is 5.42. The molecule has 1 heterocycles. The van der Waals surface area contributed by atoms with Crippen molar-refractivity contribution in [1.29, 1.82) is 0 Å². The van der Waals surface area contributed by atoms with Gasteiger partial charge in [-0.05, 0) is 33.7 Å². The molecule has 0 radical (unpaired) electrons. The highest BCUT2D eigenvalue weighted by molar-refractivity contribution is 5.67. The zero-order chi connectivity index (χ0) is 12.2. The van der Waals surface area contributed by atoms with Crippen LogP contribution in [0, 0.1) is 5.41 Å². The molecule has 1 unspecified atom stereocenters. The number of carbonyl (C=O) groups is 1. The van der Waals surface area contributed by atoms with E-state index in [1.807, 2.05) is 0 Å². The predicted molar refractivity (Wildman–Crippen MR) is 60.1 cm³/mol. The fourth-order valence-corrected chi connectivity index (χ4v) is 1.68. The van der Waals surface area contributed by atoms with Crippen molar-refractivity contribution >= 4 is 6.09 Å². The van der Waals surface area contributed by atoms with Crippen LogP contribution in [0.2, 0.25) is 0 Å². The minimum Gasteiger partial charge on any atom is -0.444 e. The third-order valence-electron chi connectivity index (χ3n) is 2.62. The highest BCUT2D eigenvalue weighted by Crippen LogP contribution is 2.25. The van der Waals surface area contributed by atoms with Gasteiger partial charge >= 0.3 is 6.09 Å². The Labute approximate surface area is 95.9 Å². The predicted octanol–water partition coefficient (Wildman–Crippen LogP) is 1.46. The van der Waals surface area contributed by atoms with Gasteiger partial charge in [-0.2, -0.15) is 0 Å². The summed E-state index contributed by atoms with van der Waals surface area (Å²) in [6.07, 6.45) is 0.270. The van der Waals surface area contributed by atoms with Gasteiger partial charge in [-0.1, -0.05) is 0 Å². The van der Waals surface area contributed by atoms with Crippen LogP contribution in [0.3, 0.4) is 0 Å². The zero-order valence-corrected chi connectivity index (χ0v) is 10.2. The molecule has 5 heteroatoms. The SMILES string of the molecule is CC(C)(C)OC(=O)NCC1(CF)CCNC1. The molecule has 16 heavy (non-hydrogen) atoms. The summed E-state index contributed by atoms with van der Waals surface area (Å²) in [6, 6.07) is 0. The Bertz CT molecular complexity index is 245. The molecule has 1 saturated heterocycles. The third kappa shape index (κ3) is 3.96. The minimum atomic E-state index is -0.513. The van der Waals surface area contributed by atoms with E-state index in [0.717, 1.165) is 13.0 Å². The van der Waals surface area contributed by atoms with Crippen LogP contribution in [0.4, 0.5) is 9.18 Å². The molecule has 1 aliphatic heterocycles. The summed E-state index contributed by atoms with van der Waals surface area (Å²) in [5, 5.41) is 5.74. The van der Waals surface area contributed by atoms with E-state index < -0.39 is 23.8 Å². The van der Waals surface area contributed by atoms with Gasteiger partial charge in [0.15, 0.2) is 0 Å². The van der Waals surface area contributed by atoms with E-state index in [4.69, 9.17) is 4.74 Å². The number of alkyl halides is 1. The normalized spacial score (nSPS) is 25.5. The van der Waals surface area contributed by atoms with Gasteiger partial charge in [0, 0.05) is 18.5 Å². The number of alkyl carbamates (subject to hydrolysis) is 1. The molecule has 4 nitrogen and oxygen atoms in total. The van der Waals surface area contributed by atoms with Crippen LogP contribution in [0.5, 0.6) is 0 Å². The van der Waals surface area contributed by atoms with Gasteiger partial charge in [0.05, 0.1) is 6.67 Å². The smallest absolute Gasteiger partial charge is 0.407 e. The van der Waals surface area contributed by atoms with E-state index in [0.29, 0.717) is 13.1 Å². The van der Waals surface area contributed by atoms with Crippen LogP contribution >= 0.6 is 0 Å². The molecule has 2 N–H and O–H groups in total. The van der Waals surface area contributed by atoms with E-state index in [1.54, 1.807) is 20.8 Å². The number of hydrogen-bond donors (Lipinski definition) is 2. The molecular weight excluding hydrogens is 211 g/mol. The van der Waals surface area contributed by atoms with Crippen LogP contribution in [0.15, 0.2) is 0 Å². The molecule has 0 aromatic rings. The molecule has 1 amide bonds. The summed E-state index contributed by atoms with van der Waals surface area (Å²) in [7, 11) is 0. The Morgan fingerprint density at radius 2 is 2.25 bits per heavy atom. The summed E-state index contributed by atoms with van der Waals surface area (Å²) in [4.78, 5) is 11.4. The van der Waals surface area contributed by atoms with Gasteiger partial charge in [0.1, 0.15) is 5.60 Å². The first-order valence-corrected chi connectivity index (χ1v) is 5.60. The maximum Gasteiger partial charge on any atom is 0.407 e. The molecule has 0 aromatic carbocycles. The van der Waals surface area contributed by atoms with E-state index >= 15 is 0 Å². The second-order valence-corrected chi connectivity index (χ2v) is 5.42. The number of hydrogen-bond acceptors (Lipinski definition) is 3. The molecule has 1 rings (SSSR count). The largest absolute Gasteiger partial charge is 0.444 e. The lowest BCUT2D eigenvalue weighted by atomic mass is 9.89. The Morgan fingerprint density at radius 3 is 2.69 bits per heavy atom. The van der Waals surface area contributed by atoms with Crippen LogP contribution in [-0.2, 0) is 4.74 Å². The lowest BCUT2D eigenvalue weighted by molar-refractivity contribution is 0.0496. The Kier molecular flexibility index (Phi) is 4.13. The van der Waals surface area contributed by atoms with Crippen molar-refractivity contribution in [1.82, 2.24) is 10.6 Å². The maximum atomic E-state index is 12.9. The van der Waals surface area contributed by atoms with Crippen LogP contribution in [0.25, 0.3) is 0 Å². The summed E-state index contributed by atoms with van der Waals surface area (Å²) >= 11 is 0. The first-order chi connectivity index (χ1) is 7.37. The van der Waals surface area contributed by atoms with E-state index in [1.165, 1.54) is 0 Å². The number of nitrogens with one attached hydrogen (secondary N) is 2. The highest BCUT2D eigenvalue weighted by Gasteiger charge is 2.34. The van der Waals surface area contributed by atoms with E-state index in [9.17, 15) is 9.18 Å². The van der Waals surface area contributed by atoms with Crippen molar-refractivity contribution in [2.75, 3.05) is 26.3 Å². The highest BCUT2D eigenvalue weighted by atomic mass is 19.1. The minimum absolute atomic E-state index is 0.325. The Morgan fingerprint density at radius 1 is 1.56 bits per heavy atom. The molecule has 1 atom stereocenters. The van der Waals surface area contributed by atoms with Crippen molar-refractivity contribution in [3.63, 3.8) is 0 Å². The lowest BCUT2D eigenvalue weighted by Crippen LogP contribution is -2.42. The van der Waals surface area contributed by atoms with E-state index in [2.05, 4.69) is 10.6 Å². The van der Waals surface area contributed by atoms with Gasteiger partial charge in [0.2, 0.25) is 0 Å². The van der Waals surface area contributed by atoms with Crippen molar-refractivity contribution in [2.45, 2.75) is 32.8 Å². The van der Waals surface area contributed by atoms with Gasteiger partial charge in [-0.3, -0.25) is 4.39 Å². The van der Waals surface area contributed by atoms with Crippen LogP contribution in [0.1, 0.15) is 27.2 Å². The second kappa shape index (κ2) is 4.99. The molecular formula is C11H21FN2O2. The monoisotopic (exact) mass is 232 g/mol. The fourth-order valence-electron chi connectivity index (χ4n) is 1.68. The van der Waals surface area contributed by atoms with Crippen LogP contribution < -0.4 is 10.6 Å². The van der Waals surface area contributed by atoms with Crippen molar-refractivity contribution < 1.29 is 13.9 Å². The van der Waals surface area contributed by atoms with Gasteiger partial charge in [-0.25, -0.2) is 4.79 Å². The topological polar surface area (TPSA) is 50.4 Å². The number of carbonyl (C=O) groups excluding carboxylic acids is 1. The zero-order valence-electron chi connectivity index (χ0n) is 10.2. The Balaban J connectivity index is 2.35. The molecule has 0 bridgehead atoms. The van der Waals surface area contributed by atoms with Crippen molar-refractivity contribution in [2.24, 2.45) is 5.41 Å². The third-order valence-corrected chi connectivity index (χ3v) is 2.62. The number of rotatable bonds is 3. The summed E-state index contributed by atoms with van der Waals surface area (Å²) in [5.74, 6) is 0. The molecule has 0 spiro atoms. The number of halogens is 1. The van der Waals surface area contributed by atoms with Gasteiger partial charge in [0.25, 0.3) is 0 Å². The van der Waals surface area contributed by atoms with Gasteiger partial charge < -0.3 is 15.4 Å². The van der Waals surface area contributed by atoms with Crippen molar-refractivity contribution in [3.8, 4) is 0 Å². The Hall–Kier alpha value is -0.840. The first-order valence-electron chi connectivity index (χ1n) is 5.60. The number of amides is 1. The first kappa shape index (κ1) is 13.2. The number of ether oxygens (including phenoxy) is 1. The summed E-state index contributed by atoms with van der Waals surface area (Å²) < 4.78 is 18.0. The standard InChI is InChI=1S/C11H21FN2O2/c1-10(2,3)16-9(15)14-8-11(6-12)4-5-13-7-11/h13H,4-8H2,1-3H3,(H,14,15). The summed E-state index contributed by atoms with van der Waals surface area (Å²) in [5.41, 5.74) is -0.961. The van der Waals surface area contributed by atoms with Crippen LogP contribution in [-0.4, -0.2) is 38.0 Å². The molecule has 1 aliphatic rings. The lowest BCUT2D eigenvalue weighted by Gasteiger charge is -2.26. The average Bonchev–Trinajstić information content (AvgIpc) is 2.61. The maximum absolute atomic E-state index is 12.9. The molecule has 0 saturated carbocycles. The molecule has 0 aromatic heterocycles. The molecule has 1 fully saturated rings. The van der Waals surface area contributed by atoms with Crippen molar-refractivity contribution in [3.05, 3.63) is 0 Å². The van der Waals surface area contributed by atoms with Gasteiger partial charge in [-0.15, -0.1) is 0 Å². The summed E-state index contributed by atoms with van der Waals surface area (Å²) in [6.45, 7) is 6.72. The van der Waals surface area contributed by atoms with E-state index in [-0.39, 0.29) is 0 Å².